The molecular formula is C15H16ClF3N4O. The predicted octanol–water partition coefficient (Wildman–Crippen LogP) is 3.55. The lowest BCUT2D eigenvalue weighted by Gasteiger charge is -2.15. The number of aliphatic hydroxyl groups excluding tert-OH is 1. The van der Waals surface area contributed by atoms with Gasteiger partial charge in [-0.25, -0.2) is 4.98 Å². The van der Waals surface area contributed by atoms with Crippen molar-refractivity contribution >= 4 is 23.4 Å². The van der Waals surface area contributed by atoms with E-state index in [1.807, 2.05) is 0 Å². The molecule has 5 nitrogen and oxygen atoms in total. The third kappa shape index (κ3) is 4.97. The molecule has 2 aromatic rings. The maximum Gasteiger partial charge on any atom is 0.433 e. The van der Waals surface area contributed by atoms with E-state index in [0.717, 1.165) is 11.6 Å². The first-order valence-electron chi connectivity index (χ1n) is 7.10. The summed E-state index contributed by atoms with van der Waals surface area (Å²) >= 11 is 6.02. The summed E-state index contributed by atoms with van der Waals surface area (Å²) in [5.74, 6) is -0.210. The molecule has 0 spiro atoms. The van der Waals surface area contributed by atoms with Gasteiger partial charge in [-0.2, -0.15) is 18.2 Å². The number of alkyl halides is 3. The quantitative estimate of drug-likeness (QED) is 0.735. The number of hydrogen-bond acceptors (Lipinski definition) is 5. The molecule has 0 bridgehead atoms. The Morgan fingerprint density at radius 2 is 1.96 bits per heavy atom. The lowest BCUT2D eigenvalue weighted by atomic mass is 10.2. The van der Waals surface area contributed by atoms with Crippen LogP contribution >= 0.6 is 11.6 Å². The second-order valence-corrected chi connectivity index (χ2v) is 5.54. The van der Waals surface area contributed by atoms with Crippen molar-refractivity contribution in [2.45, 2.75) is 25.7 Å². The minimum absolute atomic E-state index is 0.00452. The maximum absolute atomic E-state index is 13.0. The van der Waals surface area contributed by atoms with Gasteiger partial charge in [-0.05, 0) is 18.6 Å². The molecule has 0 amide bonds. The van der Waals surface area contributed by atoms with Crippen LogP contribution in [0.4, 0.5) is 24.9 Å². The van der Waals surface area contributed by atoms with Crippen molar-refractivity contribution in [2.24, 2.45) is 0 Å². The Hall–Kier alpha value is -2.06. The van der Waals surface area contributed by atoms with E-state index in [0.29, 0.717) is 5.02 Å². The van der Waals surface area contributed by atoms with Crippen LogP contribution in [0.1, 0.15) is 18.2 Å². The average molecular weight is 361 g/mol. The Bertz CT molecular complexity index is 697. The molecule has 2 rings (SSSR count). The number of aliphatic hydroxyl groups is 1. The van der Waals surface area contributed by atoms with Crippen molar-refractivity contribution in [3.8, 4) is 0 Å². The molecule has 0 aliphatic rings. The zero-order valence-electron chi connectivity index (χ0n) is 12.7. The molecule has 1 heterocycles. The molecule has 1 aromatic carbocycles. The van der Waals surface area contributed by atoms with Gasteiger partial charge in [0.15, 0.2) is 5.69 Å². The van der Waals surface area contributed by atoms with Crippen molar-refractivity contribution in [3.05, 3.63) is 46.6 Å². The zero-order valence-corrected chi connectivity index (χ0v) is 13.5. The number of nitrogens with one attached hydrogen (secondary N) is 2. The van der Waals surface area contributed by atoms with Crippen molar-refractivity contribution in [2.75, 3.05) is 17.2 Å². The first kappa shape index (κ1) is 18.3. The number of benzene rings is 1. The summed E-state index contributed by atoms with van der Waals surface area (Å²) in [7, 11) is 0. The van der Waals surface area contributed by atoms with Crippen molar-refractivity contribution in [3.63, 3.8) is 0 Å². The smallest absolute Gasteiger partial charge is 0.394 e. The third-order valence-corrected chi connectivity index (χ3v) is 3.45. The molecule has 130 valence electrons. The first-order valence-corrected chi connectivity index (χ1v) is 7.48. The Morgan fingerprint density at radius 3 is 2.58 bits per heavy atom. The van der Waals surface area contributed by atoms with E-state index in [4.69, 9.17) is 16.7 Å². The summed E-state index contributed by atoms with van der Waals surface area (Å²) in [6, 6.07) is 7.33. The van der Waals surface area contributed by atoms with Gasteiger partial charge in [-0.3, -0.25) is 0 Å². The number of halogens is 4. The molecule has 24 heavy (non-hydrogen) atoms. The van der Waals surface area contributed by atoms with Gasteiger partial charge in [0.2, 0.25) is 5.95 Å². The van der Waals surface area contributed by atoms with Crippen LogP contribution in [0.15, 0.2) is 30.3 Å². The molecule has 0 unspecified atom stereocenters. The van der Waals surface area contributed by atoms with Crippen LogP contribution in [0.3, 0.4) is 0 Å². The largest absolute Gasteiger partial charge is 0.433 e. The van der Waals surface area contributed by atoms with E-state index >= 15 is 0 Å². The first-order chi connectivity index (χ1) is 11.3. The summed E-state index contributed by atoms with van der Waals surface area (Å²) in [6.07, 6.45) is -4.61. The van der Waals surface area contributed by atoms with Crippen LogP contribution in [0.25, 0.3) is 0 Å². The molecule has 0 aliphatic heterocycles. The number of hydrogen-bond donors (Lipinski definition) is 3. The van der Waals surface area contributed by atoms with Crippen molar-refractivity contribution < 1.29 is 18.3 Å². The van der Waals surface area contributed by atoms with Gasteiger partial charge in [-0.15, -0.1) is 0 Å². The minimum Gasteiger partial charge on any atom is -0.394 e. The molecule has 1 atom stereocenters. The fourth-order valence-electron chi connectivity index (χ4n) is 1.84. The topological polar surface area (TPSA) is 70.1 Å². The molecule has 1 aromatic heterocycles. The Labute approximate surface area is 141 Å². The van der Waals surface area contributed by atoms with Crippen LogP contribution in [-0.2, 0) is 12.7 Å². The predicted molar refractivity (Wildman–Crippen MR) is 86.0 cm³/mol. The fraction of sp³-hybridized carbons (Fsp3) is 0.333. The number of nitrogens with zero attached hydrogens (tertiary/aromatic N) is 2. The van der Waals surface area contributed by atoms with Crippen molar-refractivity contribution in [1.29, 1.82) is 0 Å². The van der Waals surface area contributed by atoms with Crippen molar-refractivity contribution in [1.82, 2.24) is 9.97 Å². The Morgan fingerprint density at radius 1 is 1.25 bits per heavy atom. The van der Waals surface area contributed by atoms with Gasteiger partial charge in [0.05, 0.1) is 6.61 Å². The van der Waals surface area contributed by atoms with E-state index in [2.05, 4.69) is 20.6 Å². The van der Waals surface area contributed by atoms with Gasteiger partial charge >= 0.3 is 6.18 Å². The number of aromatic nitrogens is 2. The highest BCUT2D eigenvalue weighted by Gasteiger charge is 2.33. The third-order valence-electron chi connectivity index (χ3n) is 3.08. The van der Waals surface area contributed by atoms with E-state index in [1.54, 1.807) is 31.2 Å². The maximum atomic E-state index is 13.0. The number of anilines is 2. The summed E-state index contributed by atoms with van der Waals surface area (Å²) in [4.78, 5) is 7.43. The van der Waals surface area contributed by atoms with E-state index in [1.165, 1.54) is 0 Å². The number of rotatable bonds is 6. The highest BCUT2D eigenvalue weighted by atomic mass is 35.5. The Kier molecular flexibility index (Phi) is 5.84. The van der Waals surface area contributed by atoms with Crippen LogP contribution in [0.2, 0.25) is 5.02 Å². The molecule has 0 saturated carbocycles. The summed E-state index contributed by atoms with van der Waals surface area (Å²) < 4.78 is 38.9. The van der Waals surface area contributed by atoms with Gasteiger partial charge in [-0.1, -0.05) is 29.8 Å². The molecule has 0 aliphatic carbocycles. The summed E-state index contributed by atoms with van der Waals surface area (Å²) in [5.41, 5.74) is -0.351. The normalized spacial score (nSPS) is 12.8. The molecule has 0 fully saturated rings. The van der Waals surface area contributed by atoms with Crippen LogP contribution < -0.4 is 10.6 Å². The fourth-order valence-corrected chi connectivity index (χ4v) is 2.04. The average Bonchev–Trinajstić information content (AvgIpc) is 2.53. The molecule has 3 N–H and O–H groups in total. The zero-order chi connectivity index (χ0) is 17.7. The highest BCUT2D eigenvalue weighted by molar-refractivity contribution is 6.31. The molecule has 9 heteroatoms. The Balaban J connectivity index is 2.24. The standard InChI is InChI=1S/C15H16ClF3N4O/c1-9(8-24)21-14-22-12(15(17,18)19)6-13(23-14)20-7-10-4-2-3-5-11(10)16/h2-6,9,24H,7-8H2,1H3,(H2,20,21,22,23)/t9-/m1/s1. The van der Waals surface area contributed by atoms with Crippen LogP contribution in [0, 0.1) is 0 Å². The van der Waals surface area contributed by atoms with E-state index in [9.17, 15) is 13.2 Å². The SMILES string of the molecule is C[C@H](CO)Nc1nc(NCc2ccccc2Cl)cc(C(F)(F)F)n1. The molecular weight excluding hydrogens is 345 g/mol. The van der Waals surface area contributed by atoms with E-state index in [-0.39, 0.29) is 24.9 Å². The lowest BCUT2D eigenvalue weighted by molar-refractivity contribution is -0.141. The second-order valence-electron chi connectivity index (χ2n) is 5.13. The van der Waals surface area contributed by atoms with Gasteiger partial charge in [0, 0.05) is 23.7 Å². The molecule has 0 saturated heterocycles. The summed E-state index contributed by atoms with van der Waals surface area (Å²) in [6.45, 7) is 1.55. The van der Waals surface area contributed by atoms with Crippen LogP contribution in [0.5, 0.6) is 0 Å². The minimum atomic E-state index is -4.61. The van der Waals surface area contributed by atoms with Gasteiger partial charge in [0.25, 0.3) is 0 Å². The monoisotopic (exact) mass is 360 g/mol. The summed E-state index contributed by atoms with van der Waals surface area (Å²) in [5, 5.41) is 14.9. The van der Waals surface area contributed by atoms with Gasteiger partial charge < -0.3 is 15.7 Å². The van der Waals surface area contributed by atoms with Crippen LogP contribution in [-0.4, -0.2) is 27.7 Å². The van der Waals surface area contributed by atoms with Gasteiger partial charge in [0.1, 0.15) is 5.82 Å². The lowest BCUT2D eigenvalue weighted by Crippen LogP contribution is -2.22. The van der Waals surface area contributed by atoms with E-state index < -0.39 is 17.9 Å². The molecule has 0 radical (unpaired) electrons. The highest BCUT2D eigenvalue weighted by Crippen LogP contribution is 2.30. The second kappa shape index (κ2) is 7.67.